The molecule has 4 aliphatic rings. The zero-order chi connectivity index (χ0) is 20.1. The third-order valence-electron chi connectivity index (χ3n) is 8.88. The van der Waals surface area contributed by atoms with E-state index < -0.39 is 0 Å². The number of pyridine rings is 1. The summed E-state index contributed by atoms with van der Waals surface area (Å²) in [6.45, 7) is 2.62. The van der Waals surface area contributed by atoms with Crippen LogP contribution >= 0.6 is 0 Å². The lowest BCUT2D eigenvalue weighted by Gasteiger charge is -2.51. The van der Waals surface area contributed by atoms with Crippen LogP contribution < -0.4 is 0 Å². The second-order valence-corrected chi connectivity index (χ2v) is 10.5. The Bertz CT molecular complexity index is 996. The Morgan fingerprint density at radius 3 is 2.70 bits per heavy atom. The second-order valence-electron chi connectivity index (χ2n) is 10.5. The molecule has 1 nitrogen and oxygen atoms in total. The topological polar surface area (TPSA) is 12.9 Å². The van der Waals surface area contributed by atoms with Gasteiger partial charge in [0, 0.05) is 18.3 Å². The van der Waals surface area contributed by atoms with Crippen molar-refractivity contribution in [1.82, 2.24) is 4.98 Å². The smallest absolute Gasteiger partial charge is 0.0346 e. The van der Waals surface area contributed by atoms with E-state index >= 15 is 0 Å². The summed E-state index contributed by atoms with van der Waals surface area (Å²) in [4.78, 5) is 4.30. The van der Waals surface area contributed by atoms with Crippen LogP contribution in [0.4, 0.5) is 0 Å². The fraction of sp³-hybridized carbons (Fsp3) is 0.483. The summed E-state index contributed by atoms with van der Waals surface area (Å²) in [7, 11) is 0. The molecule has 154 valence electrons. The van der Waals surface area contributed by atoms with Crippen LogP contribution in [0.1, 0.15) is 76.2 Å². The summed E-state index contributed by atoms with van der Waals surface area (Å²) in [6.07, 6.45) is 18.8. The van der Waals surface area contributed by atoms with Gasteiger partial charge in [0.25, 0.3) is 0 Å². The molecule has 4 aliphatic carbocycles. The molecule has 1 aromatic heterocycles. The predicted octanol–water partition coefficient (Wildman–Crippen LogP) is 7.86. The quantitative estimate of drug-likeness (QED) is 0.504. The molecule has 30 heavy (non-hydrogen) atoms. The molecule has 1 heterocycles. The first-order valence-electron chi connectivity index (χ1n) is 12.2. The van der Waals surface area contributed by atoms with Crippen LogP contribution in [0.2, 0.25) is 0 Å². The van der Waals surface area contributed by atoms with Crippen molar-refractivity contribution in [3.05, 3.63) is 77.2 Å². The van der Waals surface area contributed by atoms with E-state index in [0.29, 0.717) is 11.3 Å². The summed E-state index contributed by atoms with van der Waals surface area (Å²) in [5, 5.41) is 0. The van der Waals surface area contributed by atoms with Gasteiger partial charge in [0.2, 0.25) is 0 Å². The molecule has 0 bridgehead atoms. The van der Waals surface area contributed by atoms with Gasteiger partial charge in [-0.3, -0.25) is 4.98 Å². The minimum absolute atomic E-state index is 0.539. The van der Waals surface area contributed by atoms with Crippen molar-refractivity contribution >= 4 is 0 Å². The number of hydrogen-bond donors (Lipinski definition) is 0. The van der Waals surface area contributed by atoms with Crippen molar-refractivity contribution in [2.45, 2.75) is 70.6 Å². The maximum atomic E-state index is 4.30. The van der Waals surface area contributed by atoms with Gasteiger partial charge in [0.15, 0.2) is 0 Å². The molecule has 0 unspecified atom stereocenters. The third kappa shape index (κ3) is 2.93. The van der Waals surface area contributed by atoms with E-state index in [9.17, 15) is 0 Å². The van der Waals surface area contributed by atoms with Gasteiger partial charge in [-0.25, -0.2) is 0 Å². The molecule has 0 amide bonds. The average molecular weight is 396 g/mol. The Morgan fingerprint density at radius 2 is 1.87 bits per heavy atom. The molecule has 0 spiro atoms. The fourth-order valence-corrected chi connectivity index (χ4v) is 7.51. The van der Waals surface area contributed by atoms with Gasteiger partial charge in [0.1, 0.15) is 0 Å². The summed E-state index contributed by atoms with van der Waals surface area (Å²) >= 11 is 0. The minimum atomic E-state index is 0.539. The normalized spacial score (nSPS) is 32.8. The minimum Gasteiger partial charge on any atom is -0.264 e. The van der Waals surface area contributed by atoms with Crippen molar-refractivity contribution in [2.24, 2.45) is 17.3 Å². The molecule has 6 rings (SSSR count). The van der Waals surface area contributed by atoms with Gasteiger partial charge in [-0.05, 0) is 103 Å². The standard InChI is InChI=1S/C29H33N/c1-29-16-4-9-27(29)25-15-14-21-6-2-3-8-24(21)28(25)26(18-29)22-12-10-20(11-13-22)23-7-5-17-30-19-23/h5-7,10-13,17,19,25-27H,2-4,8-9,14-16,18H2,1H3/t25-,26+,27+,29-/m0/s1. The molecule has 2 saturated carbocycles. The molecule has 0 N–H and O–H groups in total. The summed E-state index contributed by atoms with van der Waals surface area (Å²) < 4.78 is 0. The number of nitrogens with zero attached hydrogens (tertiary/aromatic N) is 1. The molecular formula is C29H33N. The number of rotatable bonds is 2. The van der Waals surface area contributed by atoms with E-state index in [-0.39, 0.29) is 0 Å². The fourth-order valence-electron chi connectivity index (χ4n) is 7.51. The summed E-state index contributed by atoms with van der Waals surface area (Å²) in [5.41, 5.74) is 9.95. The molecule has 1 heteroatoms. The first kappa shape index (κ1) is 18.6. The van der Waals surface area contributed by atoms with Crippen LogP contribution in [0, 0.1) is 17.3 Å². The van der Waals surface area contributed by atoms with Crippen molar-refractivity contribution in [3.63, 3.8) is 0 Å². The molecule has 0 saturated heterocycles. The van der Waals surface area contributed by atoms with Crippen LogP contribution in [0.25, 0.3) is 11.1 Å². The van der Waals surface area contributed by atoms with E-state index in [1.54, 1.807) is 16.7 Å². The third-order valence-corrected chi connectivity index (χ3v) is 8.88. The molecule has 4 atom stereocenters. The lowest BCUT2D eigenvalue weighted by molar-refractivity contribution is 0.106. The summed E-state index contributed by atoms with van der Waals surface area (Å²) in [5.74, 6) is 2.38. The van der Waals surface area contributed by atoms with Crippen molar-refractivity contribution in [2.75, 3.05) is 0 Å². The highest BCUT2D eigenvalue weighted by Gasteiger charge is 2.52. The summed E-state index contributed by atoms with van der Waals surface area (Å²) in [6, 6.07) is 13.7. The van der Waals surface area contributed by atoms with Crippen LogP contribution in [-0.4, -0.2) is 4.98 Å². The van der Waals surface area contributed by atoms with Crippen LogP contribution in [0.3, 0.4) is 0 Å². The number of allylic oxidation sites excluding steroid dienone is 4. The van der Waals surface area contributed by atoms with Crippen molar-refractivity contribution in [1.29, 1.82) is 0 Å². The highest BCUT2D eigenvalue weighted by Crippen LogP contribution is 2.63. The Kier molecular flexibility index (Phi) is 4.48. The SMILES string of the molecule is C[C@@]12CCC[C@@H]1[C@@H]1CCC3=CCCCC3=C1[C@@H](c1ccc(-c3cccnc3)cc1)C2. The van der Waals surface area contributed by atoms with Gasteiger partial charge in [0.05, 0.1) is 0 Å². The van der Waals surface area contributed by atoms with Gasteiger partial charge in [-0.2, -0.15) is 0 Å². The van der Waals surface area contributed by atoms with E-state index in [0.717, 1.165) is 11.8 Å². The van der Waals surface area contributed by atoms with E-state index in [1.807, 2.05) is 24.0 Å². The largest absolute Gasteiger partial charge is 0.264 e. The maximum Gasteiger partial charge on any atom is 0.0346 e. The Balaban J connectivity index is 1.44. The first-order valence-corrected chi connectivity index (χ1v) is 12.2. The predicted molar refractivity (Wildman–Crippen MR) is 124 cm³/mol. The van der Waals surface area contributed by atoms with E-state index in [4.69, 9.17) is 0 Å². The highest BCUT2D eigenvalue weighted by atomic mass is 14.6. The first-order chi connectivity index (χ1) is 14.7. The molecule has 0 aliphatic heterocycles. The Labute approximate surface area is 181 Å². The number of aromatic nitrogens is 1. The average Bonchev–Trinajstić information content (AvgIpc) is 3.20. The lowest BCUT2D eigenvalue weighted by Crippen LogP contribution is -2.40. The Hall–Kier alpha value is -2.15. The molecule has 1 aromatic carbocycles. The zero-order valence-corrected chi connectivity index (χ0v) is 18.2. The van der Waals surface area contributed by atoms with Crippen LogP contribution in [-0.2, 0) is 0 Å². The number of fused-ring (bicyclic) bond motifs is 4. The van der Waals surface area contributed by atoms with Gasteiger partial charge < -0.3 is 0 Å². The van der Waals surface area contributed by atoms with E-state index in [2.05, 4.69) is 48.3 Å². The number of hydrogen-bond acceptors (Lipinski definition) is 1. The molecule has 2 aromatic rings. The van der Waals surface area contributed by atoms with Crippen molar-refractivity contribution in [3.8, 4) is 11.1 Å². The second kappa shape index (κ2) is 7.22. The number of benzene rings is 1. The molecular weight excluding hydrogens is 362 g/mol. The monoisotopic (exact) mass is 395 g/mol. The van der Waals surface area contributed by atoms with Gasteiger partial charge >= 0.3 is 0 Å². The van der Waals surface area contributed by atoms with Crippen LogP contribution in [0.5, 0.6) is 0 Å². The highest BCUT2D eigenvalue weighted by molar-refractivity contribution is 5.63. The van der Waals surface area contributed by atoms with Crippen molar-refractivity contribution < 1.29 is 0 Å². The van der Waals surface area contributed by atoms with Gasteiger partial charge in [-0.15, -0.1) is 0 Å². The van der Waals surface area contributed by atoms with E-state index in [1.165, 1.54) is 68.9 Å². The molecule has 2 fully saturated rings. The van der Waals surface area contributed by atoms with Crippen LogP contribution in [0.15, 0.2) is 71.6 Å². The Morgan fingerprint density at radius 1 is 0.967 bits per heavy atom. The van der Waals surface area contributed by atoms with Gasteiger partial charge in [-0.1, -0.05) is 55.3 Å². The zero-order valence-electron chi connectivity index (χ0n) is 18.2. The molecule has 0 radical (unpaired) electrons. The maximum absolute atomic E-state index is 4.30. The lowest BCUT2D eigenvalue weighted by atomic mass is 9.53.